The lowest BCUT2D eigenvalue weighted by Crippen LogP contribution is -2.41. The van der Waals surface area contributed by atoms with E-state index in [0.29, 0.717) is 0 Å². The zero-order valence-corrected chi connectivity index (χ0v) is 20.8. The molecule has 0 saturated carbocycles. The molecule has 0 unspecified atom stereocenters. The van der Waals surface area contributed by atoms with Gasteiger partial charge in [-0.15, -0.1) is 5.73 Å². The second-order valence-electron chi connectivity index (χ2n) is 9.73. The summed E-state index contributed by atoms with van der Waals surface area (Å²) < 4.78 is 15.8. The maximum Gasteiger partial charge on any atom is 0.324 e. The monoisotopic (exact) mass is 422 g/mol. The lowest BCUT2D eigenvalue weighted by Gasteiger charge is -2.35. The Morgan fingerprint density at radius 3 is 1.86 bits per heavy atom. The molecule has 0 heterocycles. The van der Waals surface area contributed by atoms with Crippen molar-refractivity contribution in [2.45, 2.75) is 72.5 Å². The van der Waals surface area contributed by atoms with Crippen LogP contribution in [-0.2, 0) is 23.5 Å². The summed E-state index contributed by atoms with van der Waals surface area (Å²) in [5.41, 5.74) is 1.46. The molecule has 0 aromatic heterocycles. The van der Waals surface area contributed by atoms with E-state index in [4.69, 9.17) is 13.9 Å². The molecule has 0 N–H and O–H groups in total. The first-order chi connectivity index (χ1) is 13.1. The van der Waals surface area contributed by atoms with Gasteiger partial charge in [-0.05, 0) is 35.7 Å². The summed E-state index contributed by atoms with van der Waals surface area (Å²) in [7, 11) is 0.597. The highest BCUT2D eigenvalue weighted by atomic mass is 28.4. The highest BCUT2D eigenvalue weighted by Crippen LogP contribution is 2.36. The van der Waals surface area contributed by atoms with E-state index in [1.54, 1.807) is 6.08 Å². The maximum absolute atomic E-state index is 12.5. The largest absolute Gasteiger partial charge is 0.468 e. The van der Waals surface area contributed by atoms with E-state index in [0.717, 1.165) is 0 Å². The highest BCUT2D eigenvalue weighted by molar-refractivity contribution is 6.74. The number of hydrogen-bond acceptors (Lipinski definition) is 5. The summed E-state index contributed by atoms with van der Waals surface area (Å²) in [5.74, 6) is 4.53. The van der Waals surface area contributed by atoms with Gasteiger partial charge >= 0.3 is 11.9 Å². The number of esters is 2. The fraction of sp³-hybridized carbons (Fsp3) is 0.696. The van der Waals surface area contributed by atoms with Crippen molar-refractivity contribution in [1.29, 1.82) is 0 Å². The van der Waals surface area contributed by atoms with Crippen LogP contribution >= 0.6 is 0 Å². The van der Waals surface area contributed by atoms with Crippen LogP contribution in [0.2, 0.25) is 18.1 Å². The molecule has 0 rings (SSSR count). The lowest BCUT2D eigenvalue weighted by molar-refractivity contribution is -0.168. The Morgan fingerprint density at radius 1 is 0.931 bits per heavy atom. The molecular formula is C23H38O5Si. The molecule has 0 saturated heterocycles. The van der Waals surface area contributed by atoms with E-state index in [1.807, 2.05) is 26.8 Å². The first-order valence-corrected chi connectivity index (χ1v) is 12.7. The molecule has 0 atom stereocenters. The minimum atomic E-state index is -1.91. The van der Waals surface area contributed by atoms with Crippen LogP contribution in [0.4, 0.5) is 0 Å². The molecule has 0 aromatic carbocycles. The van der Waals surface area contributed by atoms with Crippen molar-refractivity contribution in [2.75, 3.05) is 20.8 Å². The number of carbonyl (C=O) groups excluding carboxylic acids is 2. The molecule has 0 aromatic rings. The Balaban J connectivity index is 5.56. The number of carbonyl (C=O) groups is 2. The van der Waals surface area contributed by atoms with E-state index < -0.39 is 25.7 Å². The molecule has 0 amide bonds. The Hall–Kier alpha value is -1.80. The van der Waals surface area contributed by atoms with Crippen LogP contribution < -0.4 is 0 Å². The molecule has 0 aliphatic carbocycles. The van der Waals surface area contributed by atoms with Gasteiger partial charge in [-0.1, -0.05) is 53.4 Å². The van der Waals surface area contributed by atoms with E-state index in [-0.39, 0.29) is 29.9 Å². The number of methoxy groups -OCH3 is 2. The van der Waals surface area contributed by atoms with Crippen molar-refractivity contribution < 1.29 is 23.5 Å². The van der Waals surface area contributed by atoms with Gasteiger partial charge < -0.3 is 13.9 Å². The molecule has 0 aliphatic rings. The van der Waals surface area contributed by atoms with Crippen LogP contribution in [-0.4, -0.2) is 41.1 Å². The van der Waals surface area contributed by atoms with Crippen LogP contribution in [0, 0.1) is 22.7 Å². The van der Waals surface area contributed by atoms with Crippen molar-refractivity contribution in [3.8, 4) is 11.8 Å². The van der Waals surface area contributed by atoms with Gasteiger partial charge in [0.2, 0.25) is 0 Å². The Morgan fingerprint density at radius 2 is 1.45 bits per heavy atom. The normalized spacial score (nSPS) is 12.2. The van der Waals surface area contributed by atoms with Gasteiger partial charge in [0.15, 0.2) is 13.7 Å². The van der Waals surface area contributed by atoms with Gasteiger partial charge in [0, 0.05) is 12.8 Å². The lowest BCUT2D eigenvalue weighted by atomic mass is 9.81. The Labute approximate surface area is 178 Å². The minimum absolute atomic E-state index is 0.0130. The molecule has 0 aliphatic heterocycles. The van der Waals surface area contributed by atoms with Crippen molar-refractivity contribution in [1.82, 2.24) is 0 Å². The average molecular weight is 423 g/mol. The van der Waals surface area contributed by atoms with Crippen LogP contribution in [0.25, 0.3) is 0 Å². The third-order valence-electron chi connectivity index (χ3n) is 5.06. The number of rotatable bonds is 7. The second-order valence-corrected chi connectivity index (χ2v) is 14.5. The molecule has 0 bridgehead atoms. The number of allylic oxidation sites excluding steroid dienone is 1. The Kier molecular flexibility index (Phi) is 10.2. The van der Waals surface area contributed by atoms with Crippen molar-refractivity contribution in [2.24, 2.45) is 10.8 Å². The van der Waals surface area contributed by atoms with Gasteiger partial charge in [-0.2, -0.15) is 0 Å². The quantitative estimate of drug-likeness (QED) is 0.192. The molecule has 0 spiro atoms. The zero-order chi connectivity index (χ0) is 22.9. The van der Waals surface area contributed by atoms with E-state index in [9.17, 15) is 9.59 Å². The smallest absolute Gasteiger partial charge is 0.324 e. The minimum Gasteiger partial charge on any atom is -0.468 e. The van der Waals surface area contributed by atoms with Gasteiger partial charge in [0.25, 0.3) is 0 Å². The average Bonchev–Trinajstić information content (AvgIpc) is 2.60. The predicted octanol–water partition coefficient (Wildman–Crippen LogP) is 4.88. The third-order valence-corrected chi connectivity index (χ3v) is 9.54. The summed E-state index contributed by atoms with van der Waals surface area (Å²) >= 11 is 0. The van der Waals surface area contributed by atoms with Gasteiger partial charge in [0.05, 0.1) is 20.8 Å². The van der Waals surface area contributed by atoms with Crippen LogP contribution in [0.3, 0.4) is 0 Å². The third kappa shape index (κ3) is 8.61. The first-order valence-electron chi connectivity index (χ1n) is 9.81. The molecule has 5 nitrogen and oxygen atoms in total. The van der Waals surface area contributed by atoms with Crippen molar-refractivity contribution >= 4 is 20.3 Å². The zero-order valence-electron chi connectivity index (χ0n) is 19.8. The second kappa shape index (κ2) is 10.8. The first kappa shape index (κ1) is 27.2. The maximum atomic E-state index is 12.5. The molecule has 164 valence electrons. The van der Waals surface area contributed by atoms with Crippen LogP contribution in [0.15, 0.2) is 17.9 Å². The van der Waals surface area contributed by atoms with Crippen LogP contribution in [0.5, 0.6) is 0 Å². The standard InChI is InChI=1S/C23H38O5Si/c1-21(2,3)15-11-12-16-23(19(24)26-7,20(25)27-8)17-13-14-18-28-29(9,10)22(4,5)6/h12,15H,16-18H2,1-10H3. The fourth-order valence-corrected chi connectivity index (χ4v) is 2.96. The van der Waals surface area contributed by atoms with E-state index in [1.165, 1.54) is 14.2 Å². The SMILES string of the molecule is COC(=O)C(CC#CCO[Si](C)(C)C(C)(C)C)(CC=C=CC(C)(C)C)C(=O)OC. The fourth-order valence-electron chi connectivity index (χ4n) is 2.10. The van der Waals surface area contributed by atoms with Crippen molar-refractivity contribution in [3.05, 3.63) is 17.9 Å². The van der Waals surface area contributed by atoms with E-state index in [2.05, 4.69) is 51.4 Å². The molecule has 6 heteroatoms. The summed E-state index contributed by atoms with van der Waals surface area (Å²) in [6.45, 7) is 17.1. The summed E-state index contributed by atoms with van der Waals surface area (Å²) in [6, 6.07) is 0. The summed E-state index contributed by atoms with van der Waals surface area (Å²) in [6.07, 6.45) is 3.62. The predicted molar refractivity (Wildman–Crippen MR) is 119 cm³/mol. The topological polar surface area (TPSA) is 61.8 Å². The van der Waals surface area contributed by atoms with Gasteiger partial charge in [-0.25, -0.2) is 0 Å². The number of hydrogen-bond donors (Lipinski definition) is 0. The highest BCUT2D eigenvalue weighted by Gasteiger charge is 2.47. The van der Waals surface area contributed by atoms with Gasteiger partial charge in [0.1, 0.15) is 0 Å². The molecule has 29 heavy (non-hydrogen) atoms. The molecular weight excluding hydrogens is 384 g/mol. The van der Waals surface area contributed by atoms with E-state index >= 15 is 0 Å². The molecule has 0 fully saturated rings. The Bertz CT molecular complexity index is 673. The summed E-state index contributed by atoms with van der Waals surface area (Å²) in [4.78, 5) is 25.0. The van der Waals surface area contributed by atoms with Crippen LogP contribution in [0.1, 0.15) is 54.4 Å². The molecule has 0 radical (unpaired) electrons. The summed E-state index contributed by atoms with van der Waals surface area (Å²) in [5, 5.41) is 0.0840. The number of ether oxygens (including phenoxy) is 2. The van der Waals surface area contributed by atoms with Gasteiger partial charge in [-0.3, -0.25) is 9.59 Å². The van der Waals surface area contributed by atoms with Crippen molar-refractivity contribution in [3.63, 3.8) is 0 Å².